The second-order valence-electron chi connectivity index (χ2n) is 9.78. The molecule has 0 unspecified atom stereocenters. The second kappa shape index (κ2) is 5.45. The minimum atomic E-state index is -0.303. The summed E-state index contributed by atoms with van der Waals surface area (Å²) in [5.41, 5.74) is 0.439. The van der Waals surface area contributed by atoms with Gasteiger partial charge in [-0.25, -0.2) is 0 Å². The van der Waals surface area contributed by atoms with Crippen LogP contribution < -0.4 is 0 Å². The maximum atomic E-state index is 11.9. The van der Waals surface area contributed by atoms with Gasteiger partial charge in [0.15, 0.2) is 5.79 Å². The zero-order valence-corrected chi connectivity index (χ0v) is 15.7. The fourth-order valence-corrected chi connectivity index (χ4v) is 7.72. The minimum absolute atomic E-state index is 0.0143. The average molecular weight is 348 g/mol. The summed E-state index contributed by atoms with van der Waals surface area (Å²) >= 11 is 0. The summed E-state index contributed by atoms with van der Waals surface area (Å²) in [5.74, 6) is 2.47. The molecule has 3 aliphatic carbocycles. The lowest BCUT2D eigenvalue weighted by Crippen LogP contribution is -2.56. The molecule has 5 aliphatic rings. The third kappa shape index (κ3) is 2.10. The quantitative estimate of drug-likeness (QED) is 0.622. The predicted octanol–water partition coefficient (Wildman–Crippen LogP) is 3.93. The lowest BCUT2D eigenvalue weighted by atomic mass is 9.46. The molecule has 2 aliphatic heterocycles. The summed E-state index contributed by atoms with van der Waals surface area (Å²) in [7, 11) is 0. The van der Waals surface area contributed by atoms with Crippen LogP contribution in [0.15, 0.2) is 0 Å². The van der Waals surface area contributed by atoms with Crippen molar-refractivity contribution in [3.8, 4) is 0 Å². The molecule has 1 spiro atoms. The van der Waals surface area contributed by atoms with Crippen LogP contribution in [0.1, 0.15) is 65.2 Å². The Morgan fingerprint density at radius 2 is 1.68 bits per heavy atom. The van der Waals surface area contributed by atoms with Gasteiger partial charge in [-0.2, -0.15) is 0 Å². The first kappa shape index (κ1) is 16.6. The Kier molecular flexibility index (Phi) is 3.61. The van der Waals surface area contributed by atoms with E-state index in [9.17, 15) is 4.79 Å². The number of fused-ring (bicyclic) bond motifs is 6. The van der Waals surface area contributed by atoms with E-state index in [0.29, 0.717) is 24.9 Å². The predicted molar refractivity (Wildman–Crippen MR) is 92.7 cm³/mol. The van der Waals surface area contributed by atoms with E-state index in [2.05, 4.69) is 13.8 Å². The Balaban J connectivity index is 1.46. The molecule has 0 aromatic carbocycles. The first-order chi connectivity index (χ1) is 12.0. The monoisotopic (exact) mass is 348 g/mol. The van der Waals surface area contributed by atoms with Gasteiger partial charge >= 0.3 is 5.97 Å². The molecule has 4 heteroatoms. The third-order valence-electron chi connectivity index (χ3n) is 9.18. The number of esters is 1. The molecule has 0 amide bonds. The SMILES string of the molecule is C[C@]12CCC(=O)OC[C@@H]1CC[C@@H]1[C@@H]2CC[C@@]2(C)[C@H]1CCC21OCCO1. The van der Waals surface area contributed by atoms with Crippen molar-refractivity contribution in [2.75, 3.05) is 19.8 Å². The summed E-state index contributed by atoms with van der Waals surface area (Å²) in [6.45, 7) is 7.08. The molecule has 4 nitrogen and oxygen atoms in total. The van der Waals surface area contributed by atoms with Crippen molar-refractivity contribution >= 4 is 5.97 Å². The van der Waals surface area contributed by atoms with Crippen molar-refractivity contribution in [2.45, 2.75) is 71.0 Å². The largest absolute Gasteiger partial charge is 0.465 e. The molecule has 2 heterocycles. The van der Waals surface area contributed by atoms with Crippen LogP contribution in [0.2, 0.25) is 0 Å². The van der Waals surface area contributed by atoms with Crippen LogP contribution in [-0.2, 0) is 19.0 Å². The van der Waals surface area contributed by atoms with Crippen molar-refractivity contribution in [3.63, 3.8) is 0 Å². The molecular formula is C21H32O4. The summed E-state index contributed by atoms with van der Waals surface area (Å²) in [4.78, 5) is 11.9. The van der Waals surface area contributed by atoms with Gasteiger partial charge in [0.05, 0.1) is 19.8 Å². The van der Waals surface area contributed by atoms with Crippen LogP contribution in [0.5, 0.6) is 0 Å². The van der Waals surface area contributed by atoms with Crippen molar-refractivity contribution in [3.05, 3.63) is 0 Å². The molecule has 6 atom stereocenters. The Bertz CT molecular complexity index is 568. The van der Waals surface area contributed by atoms with E-state index in [1.165, 1.54) is 32.1 Å². The molecule has 25 heavy (non-hydrogen) atoms. The highest BCUT2D eigenvalue weighted by molar-refractivity contribution is 5.69. The van der Waals surface area contributed by atoms with E-state index in [0.717, 1.165) is 37.9 Å². The van der Waals surface area contributed by atoms with Gasteiger partial charge < -0.3 is 14.2 Å². The van der Waals surface area contributed by atoms with Gasteiger partial charge in [-0.15, -0.1) is 0 Å². The standard InChI is InChI=1S/C21H32O4/c1-19-8-7-18(22)23-13-14(19)3-4-15-16(19)5-9-20(2)17(15)6-10-21(20)24-11-12-25-21/h14-17H,3-13H2,1-2H3/t14-,15+,16-,17-,19-,20-/m0/s1. The third-order valence-corrected chi connectivity index (χ3v) is 9.18. The summed E-state index contributed by atoms with van der Waals surface area (Å²) < 4.78 is 18.0. The van der Waals surface area contributed by atoms with E-state index in [-0.39, 0.29) is 22.6 Å². The Labute approximate surface area is 151 Å². The minimum Gasteiger partial charge on any atom is -0.465 e. The van der Waals surface area contributed by atoms with E-state index in [1.807, 2.05) is 0 Å². The normalized spacial score (nSPS) is 51.4. The van der Waals surface area contributed by atoms with E-state index >= 15 is 0 Å². The number of carbonyl (C=O) groups excluding carboxylic acids is 1. The molecule has 0 N–H and O–H groups in total. The van der Waals surface area contributed by atoms with E-state index < -0.39 is 0 Å². The second-order valence-corrected chi connectivity index (χ2v) is 9.78. The van der Waals surface area contributed by atoms with E-state index in [1.54, 1.807) is 0 Å². The van der Waals surface area contributed by atoms with Crippen molar-refractivity contribution in [1.82, 2.24) is 0 Å². The highest BCUT2D eigenvalue weighted by atomic mass is 16.7. The van der Waals surface area contributed by atoms with Crippen LogP contribution in [0.3, 0.4) is 0 Å². The fourth-order valence-electron chi connectivity index (χ4n) is 7.72. The van der Waals surface area contributed by atoms with Crippen molar-refractivity contribution < 1.29 is 19.0 Å². The van der Waals surface area contributed by atoms with Gasteiger partial charge in [-0.1, -0.05) is 13.8 Å². The number of carbonyl (C=O) groups is 1. The van der Waals surface area contributed by atoms with Crippen LogP contribution >= 0.6 is 0 Å². The molecule has 0 aromatic heterocycles. The molecular weight excluding hydrogens is 316 g/mol. The molecule has 140 valence electrons. The van der Waals surface area contributed by atoms with Gasteiger partial charge in [-0.05, 0) is 67.6 Å². The number of hydrogen-bond acceptors (Lipinski definition) is 4. The maximum Gasteiger partial charge on any atom is 0.305 e. The van der Waals surface area contributed by atoms with Gasteiger partial charge in [0.2, 0.25) is 0 Å². The molecule has 3 saturated carbocycles. The summed E-state index contributed by atoms with van der Waals surface area (Å²) in [6, 6.07) is 0. The molecule has 5 rings (SSSR count). The molecule has 2 saturated heterocycles. The zero-order valence-electron chi connectivity index (χ0n) is 15.7. The number of cyclic esters (lactones) is 1. The molecule has 0 aromatic rings. The lowest BCUT2D eigenvalue weighted by Gasteiger charge is -2.59. The van der Waals surface area contributed by atoms with Gasteiger partial charge in [0.1, 0.15) is 0 Å². The summed E-state index contributed by atoms with van der Waals surface area (Å²) in [5, 5.41) is 0. The average Bonchev–Trinajstić information content (AvgIpc) is 3.15. The molecule has 5 fully saturated rings. The van der Waals surface area contributed by atoms with Gasteiger partial charge in [0, 0.05) is 18.3 Å². The number of rotatable bonds is 0. The van der Waals surface area contributed by atoms with Crippen molar-refractivity contribution in [2.24, 2.45) is 34.5 Å². The first-order valence-electron chi connectivity index (χ1n) is 10.4. The topological polar surface area (TPSA) is 44.8 Å². The highest BCUT2D eigenvalue weighted by Crippen LogP contribution is 2.68. The Morgan fingerprint density at radius 1 is 0.920 bits per heavy atom. The first-order valence-corrected chi connectivity index (χ1v) is 10.4. The highest BCUT2D eigenvalue weighted by Gasteiger charge is 2.67. The van der Waals surface area contributed by atoms with Crippen LogP contribution in [0.25, 0.3) is 0 Å². The smallest absolute Gasteiger partial charge is 0.305 e. The fraction of sp³-hybridized carbons (Fsp3) is 0.952. The van der Waals surface area contributed by atoms with Crippen molar-refractivity contribution in [1.29, 1.82) is 0 Å². The van der Waals surface area contributed by atoms with Crippen LogP contribution in [0, 0.1) is 34.5 Å². The number of ether oxygens (including phenoxy) is 3. The van der Waals surface area contributed by atoms with E-state index in [4.69, 9.17) is 14.2 Å². The number of hydrogen-bond donors (Lipinski definition) is 0. The Morgan fingerprint density at radius 3 is 2.48 bits per heavy atom. The lowest BCUT2D eigenvalue weighted by molar-refractivity contribution is -0.246. The zero-order chi connectivity index (χ0) is 17.3. The van der Waals surface area contributed by atoms with Crippen LogP contribution in [0.4, 0.5) is 0 Å². The molecule has 0 bridgehead atoms. The summed E-state index contributed by atoms with van der Waals surface area (Å²) in [6.07, 6.45) is 8.90. The maximum absolute atomic E-state index is 11.9. The van der Waals surface area contributed by atoms with Gasteiger partial charge in [-0.3, -0.25) is 4.79 Å². The van der Waals surface area contributed by atoms with Gasteiger partial charge in [0.25, 0.3) is 0 Å². The Hall–Kier alpha value is -0.610. The molecule has 0 radical (unpaired) electrons. The van der Waals surface area contributed by atoms with Crippen LogP contribution in [-0.4, -0.2) is 31.6 Å².